The Balaban J connectivity index is 2.65. The Morgan fingerprint density at radius 3 is 2.47 bits per heavy atom. The van der Waals surface area contributed by atoms with Gasteiger partial charge in [0.15, 0.2) is 0 Å². The summed E-state index contributed by atoms with van der Waals surface area (Å²) in [6.07, 6.45) is -1.10. The third-order valence-electron chi connectivity index (χ3n) is 1.63. The lowest BCUT2D eigenvalue weighted by Crippen LogP contribution is -2.30. The number of aliphatic hydroxyl groups excluding tert-OH is 1. The summed E-state index contributed by atoms with van der Waals surface area (Å²) in [4.78, 5) is 0. The fraction of sp³-hybridized carbons (Fsp3) is 0.333. The summed E-state index contributed by atoms with van der Waals surface area (Å²) in [6.45, 7) is -0.114. The second-order valence-corrected chi connectivity index (χ2v) is 4.63. The Kier molecular flexibility index (Phi) is 4.07. The molecule has 0 aliphatic carbocycles. The Hall–Kier alpha value is -1.11. The van der Waals surface area contributed by atoms with Crippen LogP contribution in [0.4, 0.5) is 0 Å². The molecule has 0 saturated heterocycles. The van der Waals surface area contributed by atoms with Crippen LogP contribution in [0.25, 0.3) is 0 Å². The van der Waals surface area contributed by atoms with E-state index in [1.165, 1.54) is 12.1 Å². The molecular weight excluding hydrogens is 218 g/mol. The second-order valence-electron chi connectivity index (χ2n) is 3.01. The van der Waals surface area contributed by atoms with Crippen LogP contribution in [-0.4, -0.2) is 31.9 Å². The summed E-state index contributed by atoms with van der Waals surface area (Å²) in [5.41, 5.74) is 5.10. The third-order valence-corrected chi connectivity index (χ3v) is 2.87. The van der Waals surface area contributed by atoms with Crippen LogP contribution >= 0.6 is 0 Å². The normalized spacial score (nSPS) is 13.5. The van der Waals surface area contributed by atoms with Crippen LogP contribution in [0, 0.1) is 0 Å². The molecule has 0 amide bonds. The Morgan fingerprint density at radius 1 is 1.33 bits per heavy atom. The summed E-state index contributed by atoms with van der Waals surface area (Å²) in [6, 6.07) is 8.10. The van der Waals surface area contributed by atoms with E-state index in [9.17, 15) is 8.42 Å². The van der Waals surface area contributed by atoms with Crippen molar-refractivity contribution in [2.45, 2.75) is 6.10 Å². The molecule has 1 rings (SSSR count). The summed E-state index contributed by atoms with van der Waals surface area (Å²) < 4.78 is 27.4. The van der Waals surface area contributed by atoms with Gasteiger partial charge in [0, 0.05) is 6.54 Å². The third kappa shape index (κ3) is 4.28. The van der Waals surface area contributed by atoms with Crippen molar-refractivity contribution in [2.24, 2.45) is 5.73 Å². The highest BCUT2D eigenvalue weighted by atomic mass is 32.2. The van der Waals surface area contributed by atoms with E-state index in [0.29, 0.717) is 0 Å². The first-order valence-electron chi connectivity index (χ1n) is 4.39. The van der Waals surface area contributed by atoms with E-state index >= 15 is 0 Å². The summed E-state index contributed by atoms with van der Waals surface area (Å²) in [7, 11) is -3.78. The molecule has 15 heavy (non-hydrogen) atoms. The lowest BCUT2D eigenvalue weighted by Gasteiger charge is -2.09. The van der Waals surface area contributed by atoms with E-state index in [1.807, 2.05) is 0 Å². The molecule has 0 radical (unpaired) electrons. The van der Waals surface area contributed by atoms with Gasteiger partial charge in [-0.1, -0.05) is 18.2 Å². The van der Waals surface area contributed by atoms with Crippen LogP contribution < -0.4 is 9.92 Å². The lowest BCUT2D eigenvalue weighted by atomic mass is 10.3. The fourth-order valence-corrected chi connectivity index (χ4v) is 2.04. The molecule has 1 unspecified atom stereocenters. The van der Waals surface area contributed by atoms with Gasteiger partial charge in [0.1, 0.15) is 11.5 Å². The highest BCUT2D eigenvalue weighted by Gasteiger charge is 2.17. The van der Waals surface area contributed by atoms with Crippen LogP contribution in [-0.2, 0) is 10.1 Å². The predicted molar refractivity (Wildman–Crippen MR) is 55.9 cm³/mol. The Morgan fingerprint density at radius 2 is 1.93 bits per heavy atom. The van der Waals surface area contributed by atoms with E-state index in [1.54, 1.807) is 18.2 Å². The number of para-hydroxylation sites is 1. The van der Waals surface area contributed by atoms with Gasteiger partial charge in [-0.3, -0.25) is 0 Å². The molecule has 3 N–H and O–H groups in total. The zero-order chi connectivity index (χ0) is 11.3. The van der Waals surface area contributed by atoms with E-state index in [2.05, 4.69) is 0 Å². The van der Waals surface area contributed by atoms with Crippen molar-refractivity contribution in [3.63, 3.8) is 0 Å². The van der Waals surface area contributed by atoms with Crippen molar-refractivity contribution in [1.82, 2.24) is 0 Å². The van der Waals surface area contributed by atoms with Crippen LogP contribution in [0.15, 0.2) is 30.3 Å². The first kappa shape index (κ1) is 12.0. The van der Waals surface area contributed by atoms with Crippen molar-refractivity contribution in [1.29, 1.82) is 0 Å². The molecule has 5 nitrogen and oxygen atoms in total. The number of hydrogen-bond acceptors (Lipinski definition) is 5. The maximum Gasteiger partial charge on any atom is 0.311 e. The number of rotatable bonds is 5. The van der Waals surface area contributed by atoms with Gasteiger partial charge >= 0.3 is 10.1 Å². The van der Waals surface area contributed by atoms with E-state index in [-0.39, 0.29) is 12.3 Å². The molecule has 84 valence electrons. The van der Waals surface area contributed by atoms with Gasteiger partial charge in [-0.05, 0) is 12.1 Å². The van der Waals surface area contributed by atoms with Crippen molar-refractivity contribution in [2.75, 3.05) is 12.3 Å². The summed E-state index contributed by atoms with van der Waals surface area (Å²) in [5.74, 6) is -0.278. The molecular formula is C9H13NO4S. The maximum atomic E-state index is 11.3. The predicted octanol–water partition coefficient (Wildman–Crippen LogP) is -0.285. The number of benzene rings is 1. The zero-order valence-corrected chi connectivity index (χ0v) is 8.85. The maximum absolute atomic E-state index is 11.3. The van der Waals surface area contributed by atoms with Crippen molar-refractivity contribution in [3.8, 4) is 5.75 Å². The summed E-state index contributed by atoms with van der Waals surface area (Å²) in [5, 5.41) is 9.09. The van der Waals surface area contributed by atoms with E-state index in [0.717, 1.165) is 0 Å². The molecule has 0 saturated carbocycles. The van der Waals surface area contributed by atoms with Crippen LogP contribution in [0.1, 0.15) is 0 Å². The van der Waals surface area contributed by atoms with Gasteiger partial charge in [-0.25, -0.2) is 0 Å². The van der Waals surface area contributed by atoms with E-state index in [4.69, 9.17) is 15.0 Å². The number of aliphatic hydroxyl groups is 1. The molecule has 0 aliphatic heterocycles. The van der Waals surface area contributed by atoms with Gasteiger partial charge in [0.25, 0.3) is 0 Å². The molecule has 0 aliphatic rings. The van der Waals surface area contributed by atoms with Gasteiger partial charge < -0.3 is 15.0 Å². The van der Waals surface area contributed by atoms with Gasteiger partial charge in [0.05, 0.1) is 6.10 Å². The van der Waals surface area contributed by atoms with Gasteiger partial charge in [0.2, 0.25) is 0 Å². The molecule has 1 aromatic rings. The number of nitrogens with two attached hydrogens (primary N) is 1. The van der Waals surface area contributed by atoms with Gasteiger partial charge in [-0.2, -0.15) is 8.42 Å². The standard InChI is InChI=1S/C9H13NO4S/c10-6-8(11)7-15(12,13)14-9-4-2-1-3-5-9/h1-5,8,11H,6-7,10H2. The van der Waals surface area contributed by atoms with Crippen LogP contribution in [0.5, 0.6) is 5.75 Å². The largest absolute Gasteiger partial charge is 0.391 e. The molecule has 1 aromatic carbocycles. The molecule has 0 aromatic heterocycles. The SMILES string of the molecule is NCC(O)CS(=O)(=O)Oc1ccccc1. The Bertz CT molecular complexity index is 390. The fourth-order valence-electron chi connectivity index (χ4n) is 0.960. The molecule has 0 spiro atoms. The van der Waals surface area contributed by atoms with Crippen LogP contribution in [0.3, 0.4) is 0 Å². The molecule has 0 bridgehead atoms. The summed E-state index contributed by atoms with van der Waals surface area (Å²) >= 11 is 0. The van der Waals surface area contributed by atoms with Crippen molar-refractivity contribution >= 4 is 10.1 Å². The Labute approximate surface area is 88.6 Å². The van der Waals surface area contributed by atoms with Crippen LogP contribution in [0.2, 0.25) is 0 Å². The average Bonchev–Trinajstić information content (AvgIpc) is 2.17. The van der Waals surface area contributed by atoms with Crippen molar-refractivity contribution < 1.29 is 17.7 Å². The first-order valence-corrected chi connectivity index (χ1v) is 5.96. The minimum absolute atomic E-state index is 0.114. The molecule has 6 heteroatoms. The highest BCUT2D eigenvalue weighted by molar-refractivity contribution is 7.87. The minimum atomic E-state index is -3.78. The van der Waals surface area contributed by atoms with Crippen molar-refractivity contribution in [3.05, 3.63) is 30.3 Å². The second kappa shape index (κ2) is 5.11. The quantitative estimate of drug-likeness (QED) is 0.680. The molecule has 1 atom stereocenters. The van der Waals surface area contributed by atoms with E-state index < -0.39 is 22.0 Å². The zero-order valence-electron chi connectivity index (χ0n) is 8.04. The van der Waals surface area contributed by atoms with Gasteiger partial charge in [-0.15, -0.1) is 0 Å². The number of hydrogen-bond donors (Lipinski definition) is 2. The lowest BCUT2D eigenvalue weighted by molar-refractivity contribution is 0.203. The highest BCUT2D eigenvalue weighted by Crippen LogP contribution is 2.12. The molecule has 0 heterocycles. The monoisotopic (exact) mass is 231 g/mol. The minimum Gasteiger partial charge on any atom is -0.391 e. The molecule has 0 fully saturated rings. The topological polar surface area (TPSA) is 89.6 Å². The average molecular weight is 231 g/mol. The smallest absolute Gasteiger partial charge is 0.311 e. The first-order chi connectivity index (χ1) is 7.03.